The summed E-state index contributed by atoms with van der Waals surface area (Å²) in [6.45, 7) is 0. The first-order valence-corrected chi connectivity index (χ1v) is 5.80. The fraction of sp³-hybridized carbons (Fsp3) is 0.0769. The number of methoxy groups -OCH3 is 1. The number of benzene rings is 1. The summed E-state index contributed by atoms with van der Waals surface area (Å²) >= 11 is 0. The predicted molar refractivity (Wildman–Crippen MR) is 68.8 cm³/mol. The monoisotopic (exact) mass is 306 g/mol. The molecule has 9 heteroatoms. The zero-order valence-electron chi connectivity index (χ0n) is 11.1. The standard InChI is InChI=1S/C13H8F2N4O3/c1-22-13(21)12(20)18-11-7(5-16)6-17-19(11)10-3-2-8(14)4-9(10)15/h2-4,6H,1H3,(H,18,20). The van der Waals surface area contributed by atoms with Crippen LogP contribution < -0.4 is 5.32 Å². The summed E-state index contributed by atoms with van der Waals surface area (Å²) in [5, 5.41) is 14.8. The van der Waals surface area contributed by atoms with Gasteiger partial charge >= 0.3 is 11.9 Å². The largest absolute Gasteiger partial charge is 0.462 e. The number of anilines is 1. The second kappa shape index (κ2) is 6.01. The van der Waals surface area contributed by atoms with Crippen LogP contribution in [-0.4, -0.2) is 28.8 Å². The number of aromatic nitrogens is 2. The fourth-order valence-corrected chi connectivity index (χ4v) is 1.64. The van der Waals surface area contributed by atoms with Gasteiger partial charge in [-0.05, 0) is 12.1 Å². The quantitative estimate of drug-likeness (QED) is 0.662. The third-order valence-electron chi connectivity index (χ3n) is 2.63. The van der Waals surface area contributed by atoms with Gasteiger partial charge in [-0.3, -0.25) is 10.1 Å². The van der Waals surface area contributed by atoms with E-state index in [0.29, 0.717) is 6.07 Å². The lowest BCUT2D eigenvalue weighted by Crippen LogP contribution is -2.25. The minimum atomic E-state index is -1.20. The first kappa shape index (κ1) is 15.1. The van der Waals surface area contributed by atoms with Gasteiger partial charge in [0, 0.05) is 6.07 Å². The number of rotatable bonds is 2. The number of carbonyl (C=O) groups excluding carboxylic acids is 2. The molecule has 1 aromatic heterocycles. The van der Waals surface area contributed by atoms with Gasteiger partial charge in [0.05, 0.1) is 13.3 Å². The van der Waals surface area contributed by atoms with E-state index in [1.165, 1.54) is 0 Å². The molecular formula is C13H8F2N4O3. The van der Waals surface area contributed by atoms with E-state index < -0.39 is 23.5 Å². The van der Waals surface area contributed by atoms with E-state index in [-0.39, 0.29) is 17.1 Å². The van der Waals surface area contributed by atoms with Gasteiger partial charge in [-0.15, -0.1) is 0 Å². The molecule has 0 saturated heterocycles. The summed E-state index contributed by atoms with van der Waals surface area (Å²) in [5.41, 5.74) is -0.316. The van der Waals surface area contributed by atoms with Crippen molar-refractivity contribution in [3.8, 4) is 11.8 Å². The Bertz CT molecular complexity index is 795. The van der Waals surface area contributed by atoms with Crippen molar-refractivity contribution in [2.45, 2.75) is 0 Å². The third kappa shape index (κ3) is 2.76. The molecule has 0 spiro atoms. The molecule has 2 aromatic rings. The predicted octanol–water partition coefficient (Wildman–Crippen LogP) is 1.13. The minimum Gasteiger partial charge on any atom is -0.462 e. The van der Waals surface area contributed by atoms with Gasteiger partial charge < -0.3 is 4.74 Å². The van der Waals surface area contributed by atoms with Crippen molar-refractivity contribution in [2.75, 3.05) is 12.4 Å². The lowest BCUT2D eigenvalue weighted by atomic mass is 10.3. The lowest BCUT2D eigenvalue weighted by Gasteiger charge is -2.09. The van der Waals surface area contributed by atoms with E-state index in [1.54, 1.807) is 6.07 Å². The maximum atomic E-state index is 13.8. The topological polar surface area (TPSA) is 97.0 Å². The van der Waals surface area contributed by atoms with E-state index >= 15 is 0 Å². The highest BCUT2D eigenvalue weighted by molar-refractivity contribution is 6.37. The van der Waals surface area contributed by atoms with Gasteiger partial charge in [0.15, 0.2) is 11.6 Å². The number of nitrogens with one attached hydrogen (secondary N) is 1. The molecule has 7 nitrogen and oxygen atoms in total. The number of hydrogen-bond acceptors (Lipinski definition) is 5. The van der Waals surface area contributed by atoms with Crippen LogP contribution in [0.4, 0.5) is 14.6 Å². The van der Waals surface area contributed by atoms with Crippen LogP contribution in [0.2, 0.25) is 0 Å². The molecule has 2 rings (SSSR count). The molecule has 0 saturated carbocycles. The van der Waals surface area contributed by atoms with Gasteiger partial charge in [0.1, 0.15) is 23.1 Å². The Morgan fingerprint density at radius 2 is 2.14 bits per heavy atom. The minimum absolute atomic E-state index is 0.110. The van der Waals surface area contributed by atoms with Gasteiger partial charge in [-0.1, -0.05) is 0 Å². The number of ether oxygens (including phenoxy) is 1. The maximum Gasteiger partial charge on any atom is 0.396 e. The molecule has 1 heterocycles. The molecule has 0 fully saturated rings. The molecule has 22 heavy (non-hydrogen) atoms. The van der Waals surface area contributed by atoms with Crippen molar-refractivity contribution >= 4 is 17.7 Å². The Morgan fingerprint density at radius 3 is 2.73 bits per heavy atom. The molecule has 0 aliphatic rings. The Labute approximate surface area is 122 Å². The van der Waals surface area contributed by atoms with Crippen LogP contribution >= 0.6 is 0 Å². The fourth-order valence-electron chi connectivity index (χ4n) is 1.64. The van der Waals surface area contributed by atoms with E-state index in [0.717, 1.165) is 30.1 Å². The molecule has 0 unspecified atom stereocenters. The third-order valence-corrected chi connectivity index (χ3v) is 2.63. The number of nitriles is 1. The zero-order chi connectivity index (χ0) is 16.3. The summed E-state index contributed by atoms with van der Waals surface area (Å²) in [4.78, 5) is 22.7. The van der Waals surface area contributed by atoms with E-state index in [1.807, 2.05) is 0 Å². The van der Waals surface area contributed by atoms with Crippen LogP contribution in [0.15, 0.2) is 24.4 Å². The molecule has 1 aromatic carbocycles. The van der Waals surface area contributed by atoms with Crippen LogP contribution in [0.5, 0.6) is 0 Å². The Morgan fingerprint density at radius 1 is 1.41 bits per heavy atom. The summed E-state index contributed by atoms with van der Waals surface area (Å²) < 4.78 is 31.8. The normalized spacial score (nSPS) is 9.91. The second-order valence-corrected chi connectivity index (χ2v) is 3.97. The number of halogens is 2. The molecule has 0 bridgehead atoms. The lowest BCUT2D eigenvalue weighted by molar-refractivity contribution is -0.150. The molecule has 0 aliphatic carbocycles. The highest BCUT2D eigenvalue weighted by atomic mass is 19.1. The first-order chi connectivity index (χ1) is 10.5. The van der Waals surface area contributed by atoms with E-state index in [2.05, 4.69) is 15.2 Å². The Hall–Kier alpha value is -3.28. The van der Waals surface area contributed by atoms with Crippen LogP contribution in [0.25, 0.3) is 5.69 Å². The molecule has 0 atom stereocenters. The van der Waals surface area contributed by atoms with Crippen LogP contribution in [0.1, 0.15) is 5.56 Å². The maximum absolute atomic E-state index is 13.8. The second-order valence-electron chi connectivity index (χ2n) is 3.97. The van der Waals surface area contributed by atoms with Gasteiger partial charge in [0.2, 0.25) is 0 Å². The number of esters is 1. The van der Waals surface area contributed by atoms with Crippen LogP contribution in [-0.2, 0) is 14.3 Å². The number of carbonyl (C=O) groups is 2. The summed E-state index contributed by atoms with van der Waals surface area (Å²) in [7, 11) is 1.00. The van der Waals surface area contributed by atoms with Gasteiger partial charge in [-0.25, -0.2) is 18.3 Å². The average molecular weight is 306 g/mol. The molecule has 112 valence electrons. The van der Waals surface area contributed by atoms with Crippen molar-refractivity contribution < 1.29 is 23.1 Å². The zero-order valence-corrected chi connectivity index (χ0v) is 11.1. The summed E-state index contributed by atoms with van der Waals surface area (Å²) in [6.07, 6.45) is 1.07. The SMILES string of the molecule is COC(=O)C(=O)Nc1c(C#N)cnn1-c1ccc(F)cc1F. The summed E-state index contributed by atoms with van der Waals surface area (Å²) in [5.74, 6) is -4.35. The van der Waals surface area contributed by atoms with Crippen LogP contribution in [0.3, 0.4) is 0 Å². The van der Waals surface area contributed by atoms with Crippen molar-refractivity contribution in [3.63, 3.8) is 0 Å². The van der Waals surface area contributed by atoms with Crippen molar-refractivity contribution in [2.24, 2.45) is 0 Å². The molecule has 1 amide bonds. The highest BCUT2D eigenvalue weighted by Crippen LogP contribution is 2.22. The Balaban J connectivity index is 2.50. The van der Waals surface area contributed by atoms with Crippen LogP contribution in [0, 0.1) is 23.0 Å². The smallest absolute Gasteiger partial charge is 0.396 e. The van der Waals surface area contributed by atoms with Gasteiger partial charge in [0.25, 0.3) is 0 Å². The number of amides is 1. The Kier molecular flexibility index (Phi) is 4.13. The van der Waals surface area contributed by atoms with Crippen molar-refractivity contribution in [3.05, 3.63) is 41.6 Å². The van der Waals surface area contributed by atoms with E-state index in [4.69, 9.17) is 5.26 Å². The van der Waals surface area contributed by atoms with E-state index in [9.17, 15) is 18.4 Å². The number of nitrogens with zero attached hydrogens (tertiary/aromatic N) is 3. The molecule has 1 N–H and O–H groups in total. The molecule has 0 radical (unpaired) electrons. The first-order valence-electron chi connectivity index (χ1n) is 5.80. The number of hydrogen-bond donors (Lipinski definition) is 1. The van der Waals surface area contributed by atoms with Crippen molar-refractivity contribution in [1.82, 2.24) is 9.78 Å². The highest BCUT2D eigenvalue weighted by Gasteiger charge is 2.21. The molecular weight excluding hydrogens is 298 g/mol. The average Bonchev–Trinajstić information content (AvgIpc) is 2.89. The van der Waals surface area contributed by atoms with Crippen molar-refractivity contribution in [1.29, 1.82) is 5.26 Å². The summed E-state index contributed by atoms with van der Waals surface area (Å²) in [6, 6.07) is 4.41. The molecule has 0 aliphatic heterocycles. The van der Waals surface area contributed by atoms with Gasteiger partial charge in [-0.2, -0.15) is 10.4 Å².